The number of amides is 2. The number of aryl methyl sites for hydroxylation is 1. The standard InChI is InChI=1S/C23H31N5O2/c1-3-28-18-21(16-24-28)17-26-12-7-13-27(15-14-26)23(30)19(2)25-22(29)11-10-20-8-5-4-6-9-20/h4-6,8-11,16,18-19H,3,7,12-15,17H2,1-2H3,(H,25,29)/b11-10+. The zero-order valence-electron chi connectivity index (χ0n) is 17.8. The zero-order valence-corrected chi connectivity index (χ0v) is 17.8. The number of carbonyl (C=O) groups excluding carboxylic acids is 2. The van der Waals surface area contributed by atoms with Gasteiger partial charge in [0.25, 0.3) is 0 Å². The lowest BCUT2D eigenvalue weighted by Gasteiger charge is -2.25. The van der Waals surface area contributed by atoms with E-state index in [2.05, 4.69) is 28.4 Å². The van der Waals surface area contributed by atoms with Gasteiger partial charge >= 0.3 is 0 Å². The molecule has 2 heterocycles. The first-order chi connectivity index (χ1) is 14.5. The van der Waals surface area contributed by atoms with Crippen molar-refractivity contribution in [2.24, 2.45) is 0 Å². The molecular weight excluding hydrogens is 378 g/mol. The van der Waals surface area contributed by atoms with Gasteiger partial charge in [-0.1, -0.05) is 30.3 Å². The van der Waals surface area contributed by atoms with Gasteiger partial charge in [0.2, 0.25) is 11.8 Å². The van der Waals surface area contributed by atoms with Gasteiger partial charge in [0.1, 0.15) is 6.04 Å². The molecule has 1 N–H and O–H groups in total. The molecule has 0 radical (unpaired) electrons. The lowest BCUT2D eigenvalue weighted by atomic mass is 10.2. The Balaban J connectivity index is 1.47. The molecule has 1 unspecified atom stereocenters. The molecule has 1 atom stereocenters. The summed E-state index contributed by atoms with van der Waals surface area (Å²) in [4.78, 5) is 29.2. The minimum atomic E-state index is -0.549. The third-order valence-electron chi connectivity index (χ3n) is 5.27. The van der Waals surface area contributed by atoms with Gasteiger partial charge in [-0.05, 0) is 31.9 Å². The number of carbonyl (C=O) groups is 2. The molecule has 1 aliphatic heterocycles. The van der Waals surface area contributed by atoms with Gasteiger partial charge in [-0.25, -0.2) is 0 Å². The monoisotopic (exact) mass is 409 g/mol. The van der Waals surface area contributed by atoms with E-state index in [0.29, 0.717) is 13.1 Å². The Morgan fingerprint density at radius 2 is 1.97 bits per heavy atom. The van der Waals surface area contributed by atoms with E-state index in [4.69, 9.17) is 0 Å². The molecule has 0 saturated carbocycles. The maximum atomic E-state index is 12.8. The highest BCUT2D eigenvalue weighted by atomic mass is 16.2. The van der Waals surface area contributed by atoms with Crippen LogP contribution in [0.2, 0.25) is 0 Å². The fourth-order valence-electron chi connectivity index (χ4n) is 3.60. The van der Waals surface area contributed by atoms with E-state index >= 15 is 0 Å². The van der Waals surface area contributed by atoms with Gasteiger partial charge < -0.3 is 10.2 Å². The molecule has 1 aromatic heterocycles. The van der Waals surface area contributed by atoms with Gasteiger partial charge in [-0.2, -0.15) is 5.10 Å². The van der Waals surface area contributed by atoms with Crippen LogP contribution >= 0.6 is 0 Å². The molecule has 0 spiro atoms. The number of aromatic nitrogens is 2. The molecule has 7 heteroatoms. The highest BCUT2D eigenvalue weighted by molar-refractivity contribution is 5.95. The summed E-state index contributed by atoms with van der Waals surface area (Å²) in [6.07, 6.45) is 8.13. The average Bonchev–Trinajstić information content (AvgIpc) is 3.09. The first-order valence-corrected chi connectivity index (χ1v) is 10.6. The van der Waals surface area contributed by atoms with Crippen molar-refractivity contribution < 1.29 is 9.59 Å². The molecule has 1 aliphatic rings. The average molecular weight is 410 g/mol. The molecule has 3 rings (SSSR count). The van der Waals surface area contributed by atoms with E-state index < -0.39 is 6.04 Å². The van der Waals surface area contributed by atoms with Crippen LogP contribution in [0.4, 0.5) is 0 Å². The highest BCUT2D eigenvalue weighted by Gasteiger charge is 2.24. The molecule has 0 bridgehead atoms. The fourth-order valence-corrected chi connectivity index (χ4v) is 3.60. The quantitative estimate of drug-likeness (QED) is 0.712. The van der Waals surface area contributed by atoms with E-state index in [9.17, 15) is 9.59 Å². The minimum Gasteiger partial charge on any atom is -0.341 e. The van der Waals surface area contributed by atoms with Crippen molar-refractivity contribution >= 4 is 17.9 Å². The summed E-state index contributed by atoms with van der Waals surface area (Å²) < 4.78 is 1.93. The predicted octanol–water partition coefficient (Wildman–Crippen LogP) is 2.16. The Morgan fingerprint density at radius 3 is 2.70 bits per heavy atom. The van der Waals surface area contributed by atoms with E-state index in [0.717, 1.165) is 38.2 Å². The summed E-state index contributed by atoms with van der Waals surface area (Å²) in [6, 6.07) is 9.07. The molecule has 1 fully saturated rings. The first-order valence-electron chi connectivity index (χ1n) is 10.6. The Morgan fingerprint density at radius 1 is 1.17 bits per heavy atom. The van der Waals surface area contributed by atoms with Crippen molar-refractivity contribution in [3.8, 4) is 0 Å². The normalized spacial score (nSPS) is 16.4. The molecule has 160 valence electrons. The first kappa shape index (κ1) is 21.8. The van der Waals surface area contributed by atoms with Crippen LogP contribution in [0.5, 0.6) is 0 Å². The Hall–Kier alpha value is -2.93. The van der Waals surface area contributed by atoms with Crippen LogP contribution in [-0.2, 0) is 22.7 Å². The molecule has 0 aliphatic carbocycles. The largest absolute Gasteiger partial charge is 0.341 e. The third-order valence-corrected chi connectivity index (χ3v) is 5.27. The van der Waals surface area contributed by atoms with E-state index in [1.807, 2.05) is 46.1 Å². The van der Waals surface area contributed by atoms with Gasteiger partial charge in [-0.15, -0.1) is 0 Å². The second-order valence-corrected chi connectivity index (χ2v) is 7.63. The Labute approximate surface area is 178 Å². The third kappa shape index (κ3) is 6.29. The second kappa shape index (κ2) is 10.7. The number of rotatable bonds is 7. The molecule has 1 aromatic carbocycles. The van der Waals surface area contributed by atoms with E-state index in [1.165, 1.54) is 11.6 Å². The summed E-state index contributed by atoms with van der Waals surface area (Å²) in [5, 5.41) is 7.12. The van der Waals surface area contributed by atoms with Crippen LogP contribution < -0.4 is 5.32 Å². The number of hydrogen-bond donors (Lipinski definition) is 1. The topological polar surface area (TPSA) is 70.5 Å². The predicted molar refractivity (Wildman–Crippen MR) is 117 cm³/mol. The van der Waals surface area contributed by atoms with Crippen LogP contribution in [0.1, 0.15) is 31.4 Å². The van der Waals surface area contributed by atoms with Crippen molar-refractivity contribution in [3.05, 3.63) is 59.9 Å². The van der Waals surface area contributed by atoms with Gasteiger partial charge in [0.05, 0.1) is 6.20 Å². The van der Waals surface area contributed by atoms with Gasteiger partial charge in [0, 0.05) is 57.1 Å². The second-order valence-electron chi connectivity index (χ2n) is 7.63. The van der Waals surface area contributed by atoms with Crippen molar-refractivity contribution in [2.45, 2.75) is 39.4 Å². The zero-order chi connectivity index (χ0) is 21.3. The SMILES string of the molecule is CCn1cc(CN2CCCN(C(=O)C(C)NC(=O)/C=C/c3ccccc3)CC2)cn1. The van der Waals surface area contributed by atoms with E-state index in [1.54, 1.807) is 13.0 Å². The lowest BCUT2D eigenvalue weighted by Crippen LogP contribution is -2.47. The number of nitrogens with one attached hydrogen (secondary N) is 1. The van der Waals surface area contributed by atoms with Crippen molar-refractivity contribution in [3.63, 3.8) is 0 Å². The fraction of sp³-hybridized carbons (Fsp3) is 0.435. The number of hydrogen-bond acceptors (Lipinski definition) is 4. The van der Waals surface area contributed by atoms with Crippen LogP contribution in [-0.4, -0.2) is 63.6 Å². The van der Waals surface area contributed by atoms with Crippen LogP contribution in [0.3, 0.4) is 0 Å². The van der Waals surface area contributed by atoms with Crippen molar-refractivity contribution in [2.75, 3.05) is 26.2 Å². The smallest absolute Gasteiger partial charge is 0.244 e. The van der Waals surface area contributed by atoms with Crippen LogP contribution in [0, 0.1) is 0 Å². The molecular formula is C23H31N5O2. The lowest BCUT2D eigenvalue weighted by molar-refractivity contribution is -0.135. The van der Waals surface area contributed by atoms with Crippen molar-refractivity contribution in [1.29, 1.82) is 0 Å². The summed E-state index contributed by atoms with van der Waals surface area (Å²) in [5.74, 6) is -0.291. The Bertz CT molecular complexity index is 861. The molecule has 7 nitrogen and oxygen atoms in total. The minimum absolute atomic E-state index is 0.0305. The maximum absolute atomic E-state index is 12.8. The maximum Gasteiger partial charge on any atom is 0.244 e. The highest BCUT2D eigenvalue weighted by Crippen LogP contribution is 2.10. The number of benzene rings is 1. The molecule has 2 aromatic rings. The summed E-state index contributed by atoms with van der Waals surface area (Å²) in [6.45, 7) is 8.68. The molecule has 1 saturated heterocycles. The van der Waals surface area contributed by atoms with E-state index in [-0.39, 0.29) is 11.8 Å². The number of nitrogens with zero attached hydrogens (tertiary/aromatic N) is 4. The van der Waals surface area contributed by atoms with Gasteiger partial charge in [-0.3, -0.25) is 19.2 Å². The van der Waals surface area contributed by atoms with Gasteiger partial charge in [0.15, 0.2) is 0 Å². The van der Waals surface area contributed by atoms with Crippen molar-refractivity contribution in [1.82, 2.24) is 24.9 Å². The summed E-state index contributed by atoms with van der Waals surface area (Å²) in [5.41, 5.74) is 2.14. The Kier molecular flexibility index (Phi) is 7.79. The molecule has 30 heavy (non-hydrogen) atoms. The summed E-state index contributed by atoms with van der Waals surface area (Å²) in [7, 11) is 0. The van der Waals surface area contributed by atoms with Crippen LogP contribution in [0.25, 0.3) is 6.08 Å². The van der Waals surface area contributed by atoms with Crippen LogP contribution in [0.15, 0.2) is 48.8 Å². The summed E-state index contributed by atoms with van der Waals surface area (Å²) >= 11 is 0. The molecule has 2 amide bonds.